The lowest BCUT2D eigenvalue weighted by Crippen LogP contribution is -2.53. The number of benzene rings is 4. The minimum atomic E-state index is -4.21. The lowest BCUT2D eigenvalue weighted by Gasteiger charge is -2.34. The Labute approximate surface area is 275 Å². The highest BCUT2D eigenvalue weighted by atomic mass is 35.5. The number of anilines is 1. The first-order valence-electron chi connectivity index (χ1n) is 14.8. The van der Waals surface area contributed by atoms with Crippen molar-refractivity contribution in [2.24, 2.45) is 0 Å². The van der Waals surface area contributed by atoms with Gasteiger partial charge in [-0.15, -0.1) is 0 Å². The van der Waals surface area contributed by atoms with Gasteiger partial charge in [0, 0.05) is 29.6 Å². The molecule has 0 aromatic heterocycles. The number of aryl methyl sites for hydroxylation is 1. The zero-order chi connectivity index (χ0) is 32.4. The van der Waals surface area contributed by atoms with Crippen molar-refractivity contribution in [2.75, 3.05) is 17.4 Å². The highest BCUT2D eigenvalue weighted by Crippen LogP contribution is 2.27. The number of hydrogen-bond donors (Lipinski definition) is 1. The average molecular weight is 667 g/mol. The molecule has 0 unspecified atom stereocenters. The summed E-state index contributed by atoms with van der Waals surface area (Å²) in [7, 11) is -4.21. The molecule has 7 nitrogen and oxygen atoms in total. The molecule has 0 saturated carbocycles. The molecule has 0 heterocycles. The van der Waals surface area contributed by atoms with Gasteiger partial charge in [0.05, 0.1) is 10.6 Å². The summed E-state index contributed by atoms with van der Waals surface area (Å²) >= 11 is 12.2. The smallest absolute Gasteiger partial charge is 0.264 e. The maximum absolute atomic E-state index is 14.5. The fourth-order valence-corrected chi connectivity index (χ4v) is 6.55. The molecule has 4 aromatic rings. The lowest BCUT2D eigenvalue weighted by atomic mass is 10.0. The minimum Gasteiger partial charge on any atom is -0.354 e. The minimum absolute atomic E-state index is 0.0106. The van der Waals surface area contributed by atoms with Gasteiger partial charge in [-0.05, 0) is 78.6 Å². The van der Waals surface area contributed by atoms with Gasteiger partial charge in [-0.3, -0.25) is 13.9 Å². The van der Waals surface area contributed by atoms with Gasteiger partial charge in [0.2, 0.25) is 11.8 Å². The molecular weight excluding hydrogens is 629 g/mol. The van der Waals surface area contributed by atoms with Crippen LogP contribution in [0, 0.1) is 6.92 Å². The van der Waals surface area contributed by atoms with Gasteiger partial charge in [-0.1, -0.05) is 91.1 Å². The summed E-state index contributed by atoms with van der Waals surface area (Å²) < 4.78 is 29.3. The molecule has 45 heavy (non-hydrogen) atoms. The molecule has 10 heteroatoms. The average Bonchev–Trinajstić information content (AvgIpc) is 3.03. The largest absolute Gasteiger partial charge is 0.354 e. The van der Waals surface area contributed by atoms with E-state index >= 15 is 0 Å². The van der Waals surface area contributed by atoms with E-state index in [0.717, 1.165) is 33.8 Å². The highest BCUT2D eigenvalue weighted by Gasteiger charge is 2.34. The van der Waals surface area contributed by atoms with E-state index in [-0.39, 0.29) is 23.8 Å². The van der Waals surface area contributed by atoms with Crippen molar-refractivity contribution in [1.29, 1.82) is 0 Å². The van der Waals surface area contributed by atoms with Crippen LogP contribution in [0.25, 0.3) is 0 Å². The van der Waals surface area contributed by atoms with Crippen LogP contribution < -0.4 is 9.62 Å². The van der Waals surface area contributed by atoms with E-state index in [4.69, 9.17) is 23.2 Å². The quantitative estimate of drug-likeness (QED) is 0.146. The van der Waals surface area contributed by atoms with E-state index in [1.54, 1.807) is 42.5 Å². The van der Waals surface area contributed by atoms with Gasteiger partial charge in [0.15, 0.2) is 0 Å². The zero-order valence-corrected chi connectivity index (χ0v) is 27.7. The Morgan fingerprint density at radius 1 is 0.822 bits per heavy atom. The SMILES string of the molecule is CCCCNC(=O)[C@H](Cc1ccccc1)N(Cc1ccc(Cl)cc1)C(=O)CN(c1cccc(C)c1)S(=O)(=O)c1ccc(Cl)cc1. The second-order valence-electron chi connectivity index (χ2n) is 10.8. The molecule has 0 saturated heterocycles. The van der Waals surface area contributed by atoms with Crippen LogP contribution in [0.15, 0.2) is 108 Å². The van der Waals surface area contributed by atoms with Crippen molar-refractivity contribution in [2.45, 2.75) is 50.6 Å². The van der Waals surface area contributed by atoms with Crippen LogP contribution >= 0.6 is 23.2 Å². The van der Waals surface area contributed by atoms with Crippen LogP contribution in [0.5, 0.6) is 0 Å². The predicted molar refractivity (Wildman–Crippen MR) is 181 cm³/mol. The molecule has 0 bridgehead atoms. The van der Waals surface area contributed by atoms with Crippen molar-refractivity contribution in [3.8, 4) is 0 Å². The topological polar surface area (TPSA) is 86.8 Å². The third-order valence-corrected chi connectivity index (χ3v) is 9.63. The first kappa shape index (κ1) is 34.0. The molecule has 0 aliphatic heterocycles. The van der Waals surface area contributed by atoms with Crippen LogP contribution in [0.1, 0.15) is 36.5 Å². The summed E-state index contributed by atoms with van der Waals surface area (Å²) in [6, 6.07) is 28.3. The number of sulfonamides is 1. The van der Waals surface area contributed by atoms with Gasteiger partial charge < -0.3 is 10.2 Å². The number of nitrogens with one attached hydrogen (secondary N) is 1. The van der Waals surface area contributed by atoms with Crippen molar-refractivity contribution < 1.29 is 18.0 Å². The molecule has 1 N–H and O–H groups in total. The molecule has 4 rings (SSSR count). The van der Waals surface area contributed by atoms with Gasteiger partial charge in [0.1, 0.15) is 12.6 Å². The van der Waals surface area contributed by atoms with Crippen LogP contribution in [-0.4, -0.2) is 44.3 Å². The molecular formula is C35H37Cl2N3O4S. The van der Waals surface area contributed by atoms with E-state index in [1.807, 2.05) is 50.2 Å². The van der Waals surface area contributed by atoms with Gasteiger partial charge >= 0.3 is 0 Å². The van der Waals surface area contributed by atoms with Crippen LogP contribution in [0.4, 0.5) is 5.69 Å². The Hall–Kier alpha value is -3.85. The number of rotatable bonds is 14. The fourth-order valence-electron chi connectivity index (χ4n) is 4.89. The number of amides is 2. The molecule has 2 amide bonds. The lowest BCUT2D eigenvalue weighted by molar-refractivity contribution is -0.140. The van der Waals surface area contributed by atoms with E-state index in [0.29, 0.717) is 22.3 Å². The Bertz CT molecular complexity index is 1680. The summed E-state index contributed by atoms with van der Waals surface area (Å²) in [5, 5.41) is 3.91. The van der Waals surface area contributed by atoms with Crippen LogP contribution in [0.3, 0.4) is 0 Å². The fraction of sp³-hybridized carbons (Fsp3) is 0.257. The first-order valence-corrected chi connectivity index (χ1v) is 17.0. The number of nitrogens with zero attached hydrogens (tertiary/aromatic N) is 2. The van der Waals surface area contributed by atoms with E-state index in [9.17, 15) is 18.0 Å². The number of hydrogen-bond acceptors (Lipinski definition) is 4. The number of carbonyl (C=O) groups is 2. The zero-order valence-electron chi connectivity index (χ0n) is 25.3. The van der Waals surface area contributed by atoms with Crippen molar-refractivity contribution in [1.82, 2.24) is 10.2 Å². The number of unbranched alkanes of at least 4 members (excludes halogenated alkanes) is 1. The van der Waals surface area contributed by atoms with E-state index in [1.165, 1.54) is 29.2 Å². The van der Waals surface area contributed by atoms with Crippen LogP contribution in [0.2, 0.25) is 10.0 Å². The Balaban J connectivity index is 1.78. The number of carbonyl (C=O) groups excluding carboxylic acids is 2. The maximum atomic E-state index is 14.5. The van der Waals surface area contributed by atoms with Gasteiger partial charge in [-0.25, -0.2) is 8.42 Å². The first-order chi connectivity index (χ1) is 21.6. The summed E-state index contributed by atoms with van der Waals surface area (Å²) in [6.07, 6.45) is 1.92. The summed E-state index contributed by atoms with van der Waals surface area (Å²) in [6.45, 7) is 3.88. The highest BCUT2D eigenvalue weighted by molar-refractivity contribution is 7.92. The van der Waals surface area contributed by atoms with Gasteiger partial charge in [0.25, 0.3) is 10.0 Å². The standard InChI is InChI=1S/C35H37Cl2N3O4S/c1-3-4-21-38-35(42)33(23-27-10-6-5-7-11-27)39(24-28-13-15-29(36)16-14-28)34(41)25-40(31-12-8-9-26(2)22-31)45(43,44)32-19-17-30(37)18-20-32/h5-20,22,33H,3-4,21,23-25H2,1-2H3,(H,38,42)/t33-/m0/s1. The van der Waals surface area contributed by atoms with E-state index in [2.05, 4.69) is 5.32 Å². The van der Waals surface area contributed by atoms with E-state index < -0.39 is 28.5 Å². The van der Waals surface area contributed by atoms with Crippen molar-refractivity contribution in [3.05, 3.63) is 130 Å². The molecule has 0 radical (unpaired) electrons. The number of halogens is 2. The van der Waals surface area contributed by atoms with Gasteiger partial charge in [-0.2, -0.15) is 0 Å². The maximum Gasteiger partial charge on any atom is 0.264 e. The van der Waals surface area contributed by atoms with Crippen molar-refractivity contribution >= 4 is 50.7 Å². The monoisotopic (exact) mass is 665 g/mol. The summed E-state index contributed by atoms with van der Waals surface area (Å²) in [5.74, 6) is -0.840. The third-order valence-electron chi connectivity index (χ3n) is 7.34. The molecule has 0 aliphatic rings. The Morgan fingerprint density at radius 3 is 2.09 bits per heavy atom. The third kappa shape index (κ3) is 9.33. The summed E-state index contributed by atoms with van der Waals surface area (Å²) in [5.41, 5.74) is 2.77. The Morgan fingerprint density at radius 2 is 1.47 bits per heavy atom. The normalized spacial score (nSPS) is 11.9. The molecule has 0 spiro atoms. The molecule has 236 valence electrons. The molecule has 0 aliphatic carbocycles. The van der Waals surface area contributed by atoms with Crippen LogP contribution in [-0.2, 0) is 32.6 Å². The summed E-state index contributed by atoms with van der Waals surface area (Å²) in [4.78, 5) is 29.7. The predicted octanol–water partition coefficient (Wildman–Crippen LogP) is 7.05. The Kier molecular flexibility index (Phi) is 12.0. The second kappa shape index (κ2) is 15.9. The molecule has 4 aromatic carbocycles. The van der Waals surface area contributed by atoms with Crippen molar-refractivity contribution in [3.63, 3.8) is 0 Å². The molecule has 0 fully saturated rings. The molecule has 1 atom stereocenters. The second-order valence-corrected chi connectivity index (χ2v) is 13.5.